The van der Waals surface area contributed by atoms with Gasteiger partial charge in [-0.1, -0.05) is 27.7 Å². The van der Waals surface area contributed by atoms with E-state index in [9.17, 15) is 9.59 Å². The number of halogens is 1. The van der Waals surface area contributed by atoms with Crippen LogP contribution in [0.4, 0.5) is 0 Å². The zero-order valence-electron chi connectivity index (χ0n) is 13.6. The van der Waals surface area contributed by atoms with E-state index in [2.05, 4.69) is 16.0 Å². The van der Waals surface area contributed by atoms with Crippen LogP contribution in [0.25, 0.3) is 0 Å². The second-order valence-electron chi connectivity index (χ2n) is 6.42. The standard InChI is InChI=1S/C15H29N3O2.ClH/c1-10(2)9-13(19)18-14(11(3)4)15(20)17-12-5-7-16-8-6-12;/h10-12,14,16H,5-9H2,1-4H3,(H,17,20)(H,18,19);1H. The van der Waals surface area contributed by atoms with Gasteiger partial charge in [-0.3, -0.25) is 9.59 Å². The molecule has 1 unspecified atom stereocenters. The van der Waals surface area contributed by atoms with Gasteiger partial charge in [0.25, 0.3) is 0 Å². The van der Waals surface area contributed by atoms with E-state index in [1.165, 1.54) is 0 Å². The molecule has 0 spiro atoms. The summed E-state index contributed by atoms with van der Waals surface area (Å²) in [5.74, 6) is 0.297. The van der Waals surface area contributed by atoms with E-state index in [0.29, 0.717) is 12.3 Å². The van der Waals surface area contributed by atoms with Crippen molar-refractivity contribution < 1.29 is 9.59 Å². The largest absolute Gasteiger partial charge is 0.351 e. The first-order valence-electron chi connectivity index (χ1n) is 7.70. The molecule has 21 heavy (non-hydrogen) atoms. The van der Waals surface area contributed by atoms with E-state index in [1.807, 2.05) is 27.7 Å². The lowest BCUT2D eigenvalue weighted by molar-refractivity contribution is -0.131. The summed E-state index contributed by atoms with van der Waals surface area (Å²) in [6, 6.07) is -0.205. The minimum Gasteiger partial charge on any atom is -0.351 e. The minimum atomic E-state index is -0.434. The molecule has 1 aliphatic heterocycles. The summed E-state index contributed by atoms with van der Waals surface area (Å²) in [4.78, 5) is 24.2. The van der Waals surface area contributed by atoms with Gasteiger partial charge in [0.15, 0.2) is 0 Å². The third-order valence-electron chi connectivity index (χ3n) is 3.54. The van der Waals surface area contributed by atoms with E-state index < -0.39 is 6.04 Å². The van der Waals surface area contributed by atoms with Gasteiger partial charge in [-0.15, -0.1) is 12.4 Å². The van der Waals surface area contributed by atoms with Gasteiger partial charge in [-0.05, 0) is 37.8 Å². The van der Waals surface area contributed by atoms with E-state index in [0.717, 1.165) is 25.9 Å². The van der Waals surface area contributed by atoms with Crippen molar-refractivity contribution in [1.82, 2.24) is 16.0 Å². The van der Waals surface area contributed by atoms with Crippen LogP contribution in [0.15, 0.2) is 0 Å². The molecule has 1 aliphatic rings. The smallest absolute Gasteiger partial charge is 0.243 e. The molecule has 2 amide bonds. The van der Waals surface area contributed by atoms with Crippen LogP contribution in [0, 0.1) is 11.8 Å². The fourth-order valence-electron chi connectivity index (χ4n) is 2.40. The summed E-state index contributed by atoms with van der Waals surface area (Å²) in [7, 11) is 0. The highest BCUT2D eigenvalue weighted by atomic mass is 35.5. The molecule has 6 heteroatoms. The topological polar surface area (TPSA) is 70.2 Å². The maximum absolute atomic E-state index is 12.3. The Balaban J connectivity index is 0.00000400. The number of carbonyl (C=O) groups is 2. The Hall–Kier alpha value is -0.810. The monoisotopic (exact) mass is 319 g/mol. The van der Waals surface area contributed by atoms with E-state index in [-0.39, 0.29) is 36.2 Å². The van der Waals surface area contributed by atoms with Gasteiger partial charge in [0.2, 0.25) is 11.8 Å². The molecule has 0 aromatic heterocycles. The van der Waals surface area contributed by atoms with Gasteiger partial charge in [0, 0.05) is 12.5 Å². The molecule has 3 N–H and O–H groups in total. The Bertz CT molecular complexity index is 329. The van der Waals surface area contributed by atoms with Crippen LogP contribution >= 0.6 is 12.4 Å². The maximum Gasteiger partial charge on any atom is 0.243 e. The quantitative estimate of drug-likeness (QED) is 0.694. The molecule has 1 atom stereocenters. The van der Waals surface area contributed by atoms with E-state index in [1.54, 1.807) is 0 Å². The molecular formula is C15H30ClN3O2. The summed E-state index contributed by atoms with van der Waals surface area (Å²) in [5.41, 5.74) is 0. The molecule has 1 saturated heterocycles. The molecule has 0 aliphatic carbocycles. The zero-order chi connectivity index (χ0) is 15.1. The van der Waals surface area contributed by atoms with Gasteiger partial charge in [0.1, 0.15) is 6.04 Å². The van der Waals surface area contributed by atoms with Crippen molar-refractivity contribution >= 4 is 24.2 Å². The molecular weight excluding hydrogens is 290 g/mol. The number of hydrogen-bond donors (Lipinski definition) is 3. The van der Waals surface area contributed by atoms with Gasteiger partial charge < -0.3 is 16.0 Å². The lowest BCUT2D eigenvalue weighted by Gasteiger charge is -2.28. The first kappa shape index (κ1) is 20.2. The molecule has 1 rings (SSSR count). The van der Waals surface area contributed by atoms with Crippen LogP contribution in [0.3, 0.4) is 0 Å². The Morgan fingerprint density at radius 1 is 1.14 bits per heavy atom. The Kier molecular flexibility index (Phi) is 9.62. The van der Waals surface area contributed by atoms with Crippen LogP contribution < -0.4 is 16.0 Å². The number of piperidine rings is 1. The van der Waals surface area contributed by atoms with Crippen molar-refractivity contribution in [3.8, 4) is 0 Å². The molecule has 0 aromatic rings. The number of nitrogens with one attached hydrogen (secondary N) is 3. The summed E-state index contributed by atoms with van der Waals surface area (Å²) in [6.45, 7) is 9.80. The zero-order valence-corrected chi connectivity index (χ0v) is 14.4. The highest BCUT2D eigenvalue weighted by Gasteiger charge is 2.26. The van der Waals surface area contributed by atoms with Gasteiger partial charge in [-0.2, -0.15) is 0 Å². The molecule has 0 bridgehead atoms. The third kappa shape index (κ3) is 7.67. The average molecular weight is 320 g/mol. The summed E-state index contributed by atoms with van der Waals surface area (Å²) >= 11 is 0. The first-order valence-corrected chi connectivity index (χ1v) is 7.70. The number of hydrogen-bond acceptors (Lipinski definition) is 3. The highest BCUT2D eigenvalue weighted by Crippen LogP contribution is 2.08. The Morgan fingerprint density at radius 2 is 1.71 bits per heavy atom. The summed E-state index contributed by atoms with van der Waals surface area (Å²) < 4.78 is 0. The van der Waals surface area contributed by atoms with E-state index >= 15 is 0 Å². The van der Waals surface area contributed by atoms with Crippen molar-refractivity contribution in [2.24, 2.45) is 11.8 Å². The average Bonchev–Trinajstić information content (AvgIpc) is 2.35. The molecule has 124 valence electrons. The molecule has 1 fully saturated rings. The highest BCUT2D eigenvalue weighted by molar-refractivity contribution is 5.88. The number of amides is 2. The predicted molar refractivity (Wildman–Crippen MR) is 87.5 cm³/mol. The minimum absolute atomic E-state index is 0. The van der Waals surface area contributed by atoms with Crippen LogP contribution in [0.5, 0.6) is 0 Å². The molecule has 0 aromatic carbocycles. The molecule has 0 saturated carbocycles. The van der Waals surface area contributed by atoms with Crippen LogP contribution in [-0.4, -0.2) is 37.0 Å². The van der Waals surface area contributed by atoms with Crippen molar-refractivity contribution in [3.63, 3.8) is 0 Å². The SMILES string of the molecule is CC(C)CC(=O)NC(C(=O)NC1CCNCC1)C(C)C.Cl. The summed E-state index contributed by atoms with van der Waals surface area (Å²) in [5, 5.41) is 9.21. The van der Waals surface area contributed by atoms with Gasteiger partial charge in [-0.25, -0.2) is 0 Å². The first-order chi connectivity index (χ1) is 9.40. The van der Waals surface area contributed by atoms with E-state index in [4.69, 9.17) is 0 Å². The normalized spacial score (nSPS) is 17.2. The van der Waals surface area contributed by atoms with Crippen molar-refractivity contribution in [2.75, 3.05) is 13.1 Å². The van der Waals surface area contributed by atoms with Gasteiger partial charge in [0.05, 0.1) is 0 Å². The molecule has 1 heterocycles. The van der Waals surface area contributed by atoms with Crippen LogP contribution in [0.2, 0.25) is 0 Å². The van der Waals surface area contributed by atoms with Crippen LogP contribution in [-0.2, 0) is 9.59 Å². The Labute approximate surface area is 134 Å². The second kappa shape index (κ2) is 10.0. The molecule has 0 radical (unpaired) electrons. The molecule has 5 nitrogen and oxygen atoms in total. The number of rotatable bonds is 6. The van der Waals surface area contributed by atoms with Gasteiger partial charge >= 0.3 is 0 Å². The fourth-order valence-corrected chi connectivity index (χ4v) is 2.40. The maximum atomic E-state index is 12.3. The summed E-state index contributed by atoms with van der Waals surface area (Å²) in [6.07, 6.45) is 2.37. The van der Waals surface area contributed by atoms with Crippen LogP contribution in [0.1, 0.15) is 47.0 Å². The van der Waals surface area contributed by atoms with Crippen molar-refractivity contribution in [1.29, 1.82) is 0 Å². The van der Waals surface area contributed by atoms with Crippen molar-refractivity contribution in [3.05, 3.63) is 0 Å². The van der Waals surface area contributed by atoms with Crippen molar-refractivity contribution in [2.45, 2.75) is 59.0 Å². The number of carbonyl (C=O) groups excluding carboxylic acids is 2. The predicted octanol–water partition coefficient (Wildman–Crippen LogP) is 1.46. The Morgan fingerprint density at radius 3 is 2.19 bits per heavy atom. The second-order valence-corrected chi connectivity index (χ2v) is 6.42. The lowest BCUT2D eigenvalue weighted by Crippen LogP contribution is -2.53. The fraction of sp³-hybridized carbons (Fsp3) is 0.867. The lowest BCUT2D eigenvalue weighted by atomic mass is 10.0. The third-order valence-corrected chi connectivity index (χ3v) is 3.54.